The topological polar surface area (TPSA) is 42.4 Å². The Morgan fingerprint density at radius 1 is 1.77 bits per heavy atom. The van der Waals surface area contributed by atoms with Crippen LogP contribution in [-0.2, 0) is 4.74 Å². The van der Waals surface area contributed by atoms with E-state index in [1.165, 1.54) is 11.3 Å². The summed E-state index contributed by atoms with van der Waals surface area (Å²) in [6.07, 6.45) is 0.615. The van der Waals surface area contributed by atoms with Crippen LogP contribution in [0.15, 0.2) is 5.38 Å². The molecule has 1 fully saturated rings. The highest BCUT2D eigenvalue weighted by molar-refractivity contribution is 7.09. The van der Waals surface area contributed by atoms with Crippen LogP contribution in [0.1, 0.15) is 36.1 Å². The zero-order valence-electron chi connectivity index (χ0n) is 7.56. The largest absolute Gasteiger partial charge is 0.386 e. The van der Waals surface area contributed by atoms with E-state index in [4.69, 9.17) is 4.74 Å². The third-order valence-electron chi connectivity index (χ3n) is 2.25. The first kappa shape index (κ1) is 9.12. The SMILES string of the molecule is CC(O)c1nc(C2CCOC2)cs1. The molecule has 72 valence electrons. The lowest BCUT2D eigenvalue weighted by Gasteiger charge is -2.02. The van der Waals surface area contributed by atoms with Crippen LogP contribution in [0.2, 0.25) is 0 Å². The van der Waals surface area contributed by atoms with Gasteiger partial charge in [-0.2, -0.15) is 0 Å². The smallest absolute Gasteiger partial charge is 0.121 e. The summed E-state index contributed by atoms with van der Waals surface area (Å²) in [4.78, 5) is 4.38. The van der Waals surface area contributed by atoms with Crippen LogP contribution in [0.3, 0.4) is 0 Å². The Morgan fingerprint density at radius 3 is 3.15 bits per heavy atom. The summed E-state index contributed by atoms with van der Waals surface area (Å²) in [6.45, 7) is 3.36. The molecule has 1 aromatic rings. The molecule has 4 heteroatoms. The summed E-state index contributed by atoms with van der Waals surface area (Å²) in [5, 5.41) is 12.1. The molecule has 13 heavy (non-hydrogen) atoms. The minimum Gasteiger partial charge on any atom is -0.386 e. The van der Waals surface area contributed by atoms with Crippen molar-refractivity contribution in [3.05, 3.63) is 16.1 Å². The standard InChI is InChI=1S/C9H13NO2S/c1-6(11)9-10-8(5-13-9)7-2-3-12-4-7/h5-7,11H,2-4H2,1H3. The van der Waals surface area contributed by atoms with Gasteiger partial charge in [0.2, 0.25) is 0 Å². The summed E-state index contributed by atoms with van der Waals surface area (Å²) in [5.41, 5.74) is 1.08. The lowest BCUT2D eigenvalue weighted by atomic mass is 10.1. The number of ether oxygens (including phenoxy) is 1. The summed E-state index contributed by atoms with van der Waals surface area (Å²) in [6, 6.07) is 0. The molecule has 1 aromatic heterocycles. The molecule has 2 atom stereocenters. The van der Waals surface area contributed by atoms with E-state index in [1.54, 1.807) is 6.92 Å². The van der Waals surface area contributed by atoms with Crippen LogP contribution in [-0.4, -0.2) is 23.3 Å². The Bertz CT molecular complexity index is 279. The number of thiazole rings is 1. The lowest BCUT2D eigenvalue weighted by Crippen LogP contribution is -1.99. The van der Waals surface area contributed by atoms with Gasteiger partial charge < -0.3 is 9.84 Å². The molecule has 2 unspecified atom stereocenters. The van der Waals surface area contributed by atoms with Crippen molar-refractivity contribution in [2.75, 3.05) is 13.2 Å². The van der Waals surface area contributed by atoms with Crippen LogP contribution >= 0.6 is 11.3 Å². The molecule has 0 spiro atoms. The maximum atomic E-state index is 9.30. The molecule has 1 saturated heterocycles. The van der Waals surface area contributed by atoms with Gasteiger partial charge in [0.05, 0.1) is 12.3 Å². The zero-order valence-corrected chi connectivity index (χ0v) is 8.38. The Labute approximate surface area is 81.4 Å². The normalized spacial score (nSPS) is 24.9. The molecular formula is C9H13NO2S. The number of aliphatic hydroxyl groups is 1. The van der Waals surface area contributed by atoms with Gasteiger partial charge in [0.15, 0.2) is 0 Å². The third-order valence-corrected chi connectivity index (χ3v) is 3.28. The first-order valence-electron chi connectivity index (χ1n) is 4.48. The summed E-state index contributed by atoms with van der Waals surface area (Å²) >= 11 is 1.53. The van der Waals surface area contributed by atoms with Gasteiger partial charge in [-0.05, 0) is 13.3 Å². The second-order valence-corrected chi connectivity index (χ2v) is 4.24. The van der Waals surface area contributed by atoms with Gasteiger partial charge in [0.25, 0.3) is 0 Å². The average Bonchev–Trinajstić information content (AvgIpc) is 2.75. The molecule has 0 radical (unpaired) electrons. The third kappa shape index (κ3) is 1.90. The minimum absolute atomic E-state index is 0.443. The van der Waals surface area contributed by atoms with E-state index in [0.717, 1.165) is 30.3 Å². The molecule has 0 bridgehead atoms. The lowest BCUT2D eigenvalue weighted by molar-refractivity contribution is 0.192. The Morgan fingerprint density at radius 2 is 2.62 bits per heavy atom. The maximum absolute atomic E-state index is 9.30. The van der Waals surface area contributed by atoms with Crippen molar-refractivity contribution < 1.29 is 9.84 Å². The fraction of sp³-hybridized carbons (Fsp3) is 0.667. The molecule has 0 aliphatic carbocycles. The fourth-order valence-electron chi connectivity index (χ4n) is 1.45. The molecule has 0 aromatic carbocycles. The number of aliphatic hydroxyl groups excluding tert-OH is 1. The highest BCUT2D eigenvalue weighted by atomic mass is 32.1. The monoisotopic (exact) mass is 199 g/mol. The van der Waals surface area contributed by atoms with Crippen LogP contribution in [0.5, 0.6) is 0 Å². The minimum atomic E-state index is -0.443. The van der Waals surface area contributed by atoms with Crippen molar-refractivity contribution in [1.29, 1.82) is 0 Å². The van der Waals surface area contributed by atoms with Crippen molar-refractivity contribution in [1.82, 2.24) is 4.98 Å². The van der Waals surface area contributed by atoms with E-state index in [1.807, 2.05) is 5.38 Å². The molecule has 0 saturated carbocycles. The summed E-state index contributed by atoms with van der Waals surface area (Å²) in [7, 11) is 0. The van der Waals surface area contributed by atoms with Crippen molar-refractivity contribution in [2.45, 2.75) is 25.4 Å². The molecule has 2 heterocycles. The highest BCUT2D eigenvalue weighted by Crippen LogP contribution is 2.28. The first-order valence-corrected chi connectivity index (χ1v) is 5.36. The Balaban J connectivity index is 2.12. The van der Waals surface area contributed by atoms with Crippen molar-refractivity contribution in [3.63, 3.8) is 0 Å². The summed E-state index contributed by atoms with van der Waals surface area (Å²) < 4.78 is 5.28. The van der Waals surface area contributed by atoms with Crippen molar-refractivity contribution >= 4 is 11.3 Å². The Hall–Kier alpha value is -0.450. The predicted octanol–water partition coefficient (Wildman–Crippen LogP) is 1.70. The van der Waals surface area contributed by atoms with Crippen LogP contribution in [0.4, 0.5) is 0 Å². The zero-order chi connectivity index (χ0) is 9.26. The van der Waals surface area contributed by atoms with Crippen molar-refractivity contribution in [3.8, 4) is 0 Å². The van der Waals surface area contributed by atoms with Crippen LogP contribution in [0, 0.1) is 0 Å². The first-order chi connectivity index (χ1) is 6.27. The predicted molar refractivity (Wildman–Crippen MR) is 50.9 cm³/mol. The van der Waals surface area contributed by atoms with E-state index in [9.17, 15) is 5.11 Å². The van der Waals surface area contributed by atoms with Crippen LogP contribution < -0.4 is 0 Å². The summed E-state index contributed by atoms with van der Waals surface area (Å²) in [5.74, 6) is 0.448. The molecular weight excluding hydrogens is 186 g/mol. The quantitative estimate of drug-likeness (QED) is 0.788. The number of hydrogen-bond acceptors (Lipinski definition) is 4. The second-order valence-electron chi connectivity index (χ2n) is 3.35. The number of nitrogens with zero attached hydrogens (tertiary/aromatic N) is 1. The van der Waals surface area contributed by atoms with E-state index in [2.05, 4.69) is 4.98 Å². The van der Waals surface area contributed by atoms with Gasteiger partial charge in [0, 0.05) is 17.9 Å². The highest BCUT2D eigenvalue weighted by Gasteiger charge is 2.20. The van der Waals surface area contributed by atoms with E-state index >= 15 is 0 Å². The maximum Gasteiger partial charge on any atom is 0.121 e. The van der Waals surface area contributed by atoms with Crippen LogP contribution in [0.25, 0.3) is 0 Å². The number of hydrogen-bond donors (Lipinski definition) is 1. The van der Waals surface area contributed by atoms with Gasteiger partial charge in [0.1, 0.15) is 11.1 Å². The molecule has 2 rings (SSSR count). The second kappa shape index (κ2) is 3.74. The molecule has 1 N–H and O–H groups in total. The fourth-order valence-corrected chi connectivity index (χ4v) is 2.29. The van der Waals surface area contributed by atoms with E-state index < -0.39 is 6.10 Å². The average molecular weight is 199 g/mol. The number of aromatic nitrogens is 1. The molecule has 3 nitrogen and oxygen atoms in total. The molecule has 1 aliphatic heterocycles. The van der Waals surface area contributed by atoms with E-state index in [0.29, 0.717) is 5.92 Å². The van der Waals surface area contributed by atoms with Gasteiger partial charge in [-0.1, -0.05) is 0 Å². The van der Waals surface area contributed by atoms with Gasteiger partial charge >= 0.3 is 0 Å². The molecule has 0 amide bonds. The van der Waals surface area contributed by atoms with Gasteiger partial charge in [-0.3, -0.25) is 0 Å². The van der Waals surface area contributed by atoms with Gasteiger partial charge in [-0.25, -0.2) is 4.98 Å². The number of rotatable bonds is 2. The Kier molecular flexibility index (Phi) is 2.62. The van der Waals surface area contributed by atoms with E-state index in [-0.39, 0.29) is 0 Å². The molecule has 1 aliphatic rings. The van der Waals surface area contributed by atoms with Gasteiger partial charge in [-0.15, -0.1) is 11.3 Å². The van der Waals surface area contributed by atoms with Crippen molar-refractivity contribution in [2.24, 2.45) is 0 Å².